The Morgan fingerprint density at radius 3 is 2.05 bits per heavy atom. The summed E-state index contributed by atoms with van der Waals surface area (Å²) in [4.78, 5) is 11.0. The van der Waals surface area contributed by atoms with E-state index in [1.165, 1.54) is 12.1 Å². The van der Waals surface area contributed by atoms with E-state index in [0.29, 0.717) is 5.75 Å². The smallest absolute Gasteiger partial charge is 0.304 e. The maximum absolute atomic E-state index is 13.0. The van der Waals surface area contributed by atoms with Crippen molar-refractivity contribution in [3.05, 3.63) is 65.5 Å². The Labute approximate surface area is 116 Å². The third-order valence-electron chi connectivity index (χ3n) is 3.17. The molecular weight excluding hydrogens is 259 g/mol. The van der Waals surface area contributed by atoms with Gasteiger partial charge in [-0.1, -0.05) is 24.3 Å². The number of methoxy groups -OCH3 is 1. The van der Waals surface area contributed by atoms with Crippen LogP contribution in [0.3, 0.4) is 0 Å². The van der Waals surface area contributed by atoms with Crippen LogP contribution in [0.5, 0.6) is 5.75 Å². The van der Waals surface area contributed by atoms with Crippen LogP contribution in [0.1, 0.15) is 23.5 Å². The van der Waals surface area contributed by atoms with Gasteiger partial charge < -0.3 is 9.84 Å². The Morgan fingerprint density at radius 1 is 1.10 bits per heavy atom. The van der Waals surface area contributed by atoms with Crippen LogP contribution in [0, 0.1) is 5.82 Å². The van der Waals surface area contributed by atoms with E-state index in [4.69, 9.17) is 9.84 Å². The van der Waals surface area contributed by atoms with Gasteiger partial charge in [-0.25, -0.2) is 4.39 Å². The molecule has 4 heteroatoms. The van der Waals surface area contributed by atoms with Gasteiger partial charge in [0.1, 0.15) is 11.6 Å². The highest BCUT2D eigenvalue weighted by molar-refractivity contribution is 5.69. The number of carboxylic acid groups (broad SMARTS) is 1. The van der Waals surface area contributed by atoms with Crippen LogP contribution >= 0.6 is 0 Å². The first-order valence-corrected chi connectivity index (χ1v) is 6.21. The van der Waals surface area contributed by atoms with Gasteiger partial charge in [0.15, 0.2) is 0 Å². The van der Waals surface area contributed by atoms with Crippen molar-refractivity contribution in [1.82, 2.24) is 0 Å². The van der Waals surface area contributed by atoms with Crippen LogP contribution in [0.4, 0.5) is 4.39 Å². The number of rotatable bonds is 5. The van der Waals surface area contributed by atoms with E-state index in [2.05, 4.69) is 0 Å². The summed E-state index contributed by atoms with van der Waals surface area (Å²) < 4.78 is 18.1. The van der Waals surface area contributed by atoms with Gasteiger partial charge >= 0.3 is 5.97 Å². The molecule has 0 aromatic heterocycles. The highest BCUT2D eigenvalue weighted by Gasteiger charge is 2.18. The third-order valence-corrected chi connectivity index (χ3v) is 3.17. The highest BCUT2D eigenvalue weighted by Crippen LogP contribution is 2.29. The van der Waals surface area contributed by atoms with E-state index in [1.54, 1.807) is 31.4 Å². The van der Waals surface area contributed by atoms with Crippen LogP contribution in [0.2, 0.25) is 0 Å². The van der Waals surface area contributed by atoms with Crippen molar-refractivity contribution in [2.24, 2.45) is 0 Å². The topological polar surface area (TPSA) is 46.5 Å². The van der Waals surface area contributed by atoms with Crippen molar-refractivity contribution in [3.63, 3.8) is 0 Å². The van der Waals surface area contributed by atoms with Gasteiger partial charge in [-0.05, 0) is 35.4 Å². The van der Waals surface area contributed by atoms with Crippen molar-refractivity contribution in [2.45, 2.75) is 12.3 Å². The molecule has 0 fully saturated rings. The number of carboxylic acids is 1. The molecule has 104 valence electrons. The van der Waals surface area contributed by atoms with Crippen LogP contribution in [-0.2, 0) is 4.79 Å². The molecule has 0 spiro atoms. The Hall–Kier alpha value is -2.36. The minimum absolute atomic E-state index is 0.0437. The monoisotopic (exact) mass is 274 g/mol. The number of ether oxygens (including phenoxy) is 1. The fourth-order valence-corrected chi connectivity index (χ4v) is 2.13. The van der Waals surface area contributed by atoms with Crippen LogP contribution in [0.15, 0.2) is 48.5 Å². The van der Waals surface area contributed by atoms with E-state index in [0.717, 1.165) is 11.1 Å². The third kappa shape index (κ3) is 3.35. The van der Waals surface area contributed by atoms with Gasteiger partial charge in [0.2, 0.25) is 0 Å². The Balaban J connectivity index is 2.35. The molecule has 1 N–H and O–H groups in total. The zero-order chi connectivity index (χ0) is 14.5. The Morgan fingerprint density at radius 2 is 1.60 bits per heavy atom. The van der Waals surface area contributed by atoms with E-state index in [1.807, 2.05) is 12.1 Å². The lowest BCUT2D eigenvalue weighted by atomic mass is 9.88. The molecule has 0 bridgehead atoms. The van der Waals surface area contributed by atoms with Crippen molar-refractivity contribution in [1.29, 1.82) is 0 Å². The summed E-state index contributed by atoms with van der Waals surface area (Å²) in [5, 5.41) is 9.06. The van der Waals surface area contributed by atoms with Gasteiger partial charge in [-0.15, -0.1) is 0 Å². The Kier molecular flexibility index (Phi) is 4.35. The molecule has 20 heavy (non-hydrogen) atoms. The number of aliphatic carboxylic acids is 1. The van der Waals surface area contributed by atoms with Crippen molar-refractivity contribution < 1.29 is 19.0 Å². The van der Waals surface area contributed by atoms with Crippen molar-refractivity contribution in [3.8, 4) is 5.75 Å². The summed E-state index contributed by atoms with van der Waals surface area (Å²) in [5.41, 5.74) is 1.64. The molecule has 0 radical (unpaired) electrons. The molecule has 3 nitrogen and oxygen atoms in total. The van der Waals surface area contributed by atoms with Crippen LogP contribution in [-0.4, -0.2) is 18.2 Å². The predicted octanol–water partition coefficient (Wildman–Crippen LogP) is 3.44. The summed E-state index contributed by atoms with van der Waals surface area (Å²) in [6.07, 6.45) is -0.0437. The summed E-state index contributed by atoms with van der Waals surface area (Å²) >= 11 is 0. The fraction of sp³-hybridized carbons (Fsp3) is 0.188. The minimum atomic E-state index is -0.893. The molecule has 0 aliphatic carbocycles. The molecule has 0 saturated heterocycles. The average Bonchev–Trinajstić information content (AvgIpc) is 2.46. The van der Waals surface area contributed by atoms with Gasteiger partial charge in [-0.3, -0.25) is 4.79 Å². The molecule has 1 atom stereocenters. The first kappa shape index (κ1) is 14.1. The molecule has 2 aromatic rings. The summed E-state index contributed by atoms with van der Waals surface area (Å²) in [7, 11) is 1.57. The standard InChI is InChI=1S/C16H15FO3/c1-20-14-8-4-12(5-9-14)15(10-16(18)19)11-2-6-13(17)7-3-11/h2-9,15H,10H2,1H3,(H,18,19)/t15-/m1/s1. The molecule has 0 unspecified atom stereocenters. The summed E-state index contributed by atoms with van der Waals surface area (Å²) in [6.45, 7) is 0. The number of hydrogen-bond acceptors (Lipinski definition) is 2. The Bertz CT molecular complexity index is 576. The number of carbonyl (C=O) groups is 1. The first-order valence-electron chi connectivity index (χ1n) is 6.21. The SMILES string of the molecule is COc1ccc([C@H](CC(=O)O)c2ccc(F)cc2)cc1. The van der Waals surface area contributed by atoms with E-state index >= 15 is 0 Å². The second-order valence-corrected chi connectivity index (χ2v) is 4.48. The van der Waals surface area contributed by atoms with Crippen molar-refractivity contribution >= 4 is 5.97 Å². The maximum Gasteiger partial charge on any atom is 0.304 e. The van der Waals surface area contributed by atoms with Crippen molar-refractivity contribution in [2.75, 3.05) is 7.11 Å². The molecule has 2 aromatic carbocycles. The maximum atomic E-state index is 13.0. The molecule has 0 saturated carbocycles. The van der Waals surface area contributed by atoms with Gasteiger partial charge in [0, 0.05) is 5.92 Å². The van der Waals surface area contributed by atoms with Gasteiger partial charge in [0.05, 0.1) is 13.5 Å². The molecular formula is C16H15FO3. The summed E-state index contributed by atoms with van der Waals surface area (Å²) in [5.74, 6) is -0.825. The highest BCUT2D eigenvalue weighted by atomic mass is 19.1. The van der Waals surface area contributed by atoms with Crippen LogP contribution in [0.25, 0.3) is 0 Å². The number of benzene rings is 2. The van der Waals surface area contributed by atoms with Gasteiger partial charge in [0.25, 0.3) is 0 Å². The van der Waals surface area contributed by atoms with Crippen LogP contribution < -0.4 is 4.74 Å². The number of hydrogen-bond donors (Lipinski definition) is 1. The second kappa shape index (κ2) is 6.19. The van der Waals surface area contributed by atoms with E-state index in [9.17, 15) is 9.18 Å². The minimum Gasteiger partial charge on any atom is -0.497 e. The fourth-order valence-electron chi connectivity index (χ4n) is 2.13. The van der Waals surface area contributed by atoms with E-state index < -0.39 is 5.97 Å². The zero-order valence-electron chi connectivity index (χ0n) is 11.0. The quantitative estimate of drug-likeness (QED) is 0.908. The largest absolute Gasteiger partial charge is 0.497 e. The molecule has 0 aliphatic heterocycles. The first-order chi connectivity index (χ1) is 9.60. The molecule has 0 heterocycles. The molecule has 0 aliphatic rings. The molecule has 2 rings (SSSR count). The lowest BCUT2D eigenvalue weighted by Gasteiger charge is -2.16. The lowest BCUT2D eigenvalue weighted by Crippen LogP contribution is -2.08. The van der Waals surface area contributed by atoms with Gasteiger partial charge in [-0.2, -0.15) is 0 Å². The normalized spacial score (nSPS) is 11.9. The molecule has 0 amide bonds. The second-order valence-electron chi connectivity index (χ2n) is 4.48. The van der Waals surface area contributed by atoms with E-state index in [-0.39, 0.29) is 18.2 Å². The zero-order valence-corrected chi connectivity index (χ0v) is 11.0. The average molecular weight is 274 g/mol. The number of halogens is 1. The lowest BCUT2D eigenvalue weighted by molar-refractivity contribution is -0.137. The summed E-state index contributed by atoms with van der Waals surface area (Å²) in [6, 6.07) is 13.1. The predicted molar refractivity (Wildman–Crippen MR) is 73.5 cm³/mol.